The van der Waals surface area contributed by atoms with Gasteiger partial charge in [-0.15, -0.1) is 10.2 Å². The Morgan fingerprint density at radius 1 is 1.38 bits per heavy atom. The van der Waals surface area contributed by atoms with E-state index < -0.39 is 0 Å². The van der Waals surface area contributed by atoms with Gasteiger partial charge in [0.25, 0.3) is 0 Å². The summed E-state index contributed by atoms with van der Waals surface area (Å²) in [5.74, 6) is 5.82. The van der Waals surface area contributed by atoms with Crippen LogP contribution in [0, 0.1) is 0 Å². The van der Waals surface area contributed by atoms with Crippen LogP contribution in [-0.4, -0.2) is 10.2 Å². The van der Waals surface area contributed by atoms with Gasteiger partial charge in [-0.25, -0.2) is 5.84 Å². The third-order valence-corrected chi connectivity index (χ3v) is 2.92. The third kappa shape index (κ3) is 2.60. The molecule has 7 heteroatoms. The highest BCUT2D eigenvalue weighted by Crippen LogP contribution is 2.24. The monoisotopic (exact) mass is 256 g/mol. The molecule has 0 fully saturated rings. The fourth-order valence-corrected chi connectivity index (χ4v) is 1.83. The summed E-state index contributed by atoms with van der Waals surface area (Å²) in [4.78, 5) is 0. The van der Waals surface area contributed by atoms with Crippen molar-refractivity contribution in [3.05, 3.63) is 34.3 Å². The molecule has 16 heavy (non-hydrogen) atoms. The molecular weight excluding hydrogens is 248 g/mol. The molecule has 1 aromatic carbocycles. The van der Waals surface area contributed by atoms with E-state index in [1.54, 1.807) is 12.1 Å². The zero-order valence-electron chi connectivity index (χ0n) is 8.18. The molecule has 2 rings (SSSR count). The van der Waals surface area contributed by atoms with Crippen molar-refractivity contribution < 1.29 is 4.74 Å². The van der Waals surface area contributed by atoms with E-state index in [-0.39, 0.29) is 0 Å². The highest BCUT2D eigenvalue weighted by molar-refractivity contribution is 7.15. The first kappa shape index (κ1) is 11.1. The molecule has 0 radical (unpaired) electrons. The Morgan fingerprint density at radius 3 is 2.88 bits per heavy atom. The van der Waals surface area contributed by atoms with Gasteiger partial charge >= 0.3 is 0 Å². The lowest BCUT2D eigenvalue weighted by atomic mass is 10.3. The van der Waals surface area contributed by atoms with E-state index in [1.165, 1.54) is 11.3 Å². The van der Waals surface area contributed by atoms with E-state index in [0.29, 0.717) is 22.5 Å². The van der Waals surface area contributed by atoms with Gasteiger partial charge < -0.3 is 4.74 Å². The smallest absolute Gasteiger partial charge is 0.219 e. The predicted octanol–water partition coefficient (Wildman–Crippen LogP) is 2.06. The van der Waals surface area contributed by atoms with Crippen molar-refractivity contribution in [2.24, 2.45) is 5.84 Å². The second-order valence-electron chi connectivity index (χ2n) is 2.86. The number of hydrogen-bond acceptors (Lipinski definition) is 6. The lowest BCUT2D eigenvalue weighted by Crippen LogP contribution is -2.05. The molecule has 0 aliphatic carbocycles. The summed E-state index contributed by atoms with van der Waals surface area (Å²) < 4.78 is 5.49. The predicted molar refractivity (Wildman–Crippen MR) is 63.5 cm³/mol. The number of nitrogen functional groups attached to an aromatic ring is 1. The van der Waals surface area contributed by atoms with Gasteiger partial charge in [-0.2, -0.15) is 0 Å². The summed E-state index contributed by atoms with van der Waals surface area (Å²) in [6.07, 6.45) is 0. The largest absolute Gasteiger partial charge is 0.485 e. The summed E-state index contributed by atoms with van der Waals surface area (Å²) in [6.45, 7) is 0.322. The number of nitrogens with two attached hydrogens (primary N) is 1. The zero-order chi connectivity index (χ0) is 11.4. The maximum atomic E-state index is 5.93. The van der Waals surface area contributed by atoms with Crippen LogP contribution in [-0.2, 0) is 6.61 Å². The molecule has 0 spiro atoms. The van der Waals surface area contributed by atoms with Crippen LogP contribution in [0.3, 0.4) is 0 Å². The summed E-state index contributed by atoms with van der Waals surface area (Å²) in [5, 5.41) is 9.53. The average Bonchev–Trinajstić information content (AvgIpc) is 2.76. The quantitative estimate of drug-likeness (QED) is 0.647. The van der Waals surface area contributed by atoms with Crippen molar-refractivity contribution in [2.75, 3.05) is 5.43 Å². The van der Waals surface area contributed by atoms with E-state index in [0.717, 1.165) is 5.01 Å². The highest BCUT2D eigenvalue weighted by atomic mass is 35.5. The van der Waals surface area contributed by atoms with Gasteiger partial charge in [0.1, 0.15) is 12.4 Å². The summed E-state index contributed by atoms with van der Waals surface area (Å²) >= 11 is 7.26. The molecule has 0 atom stereocenters. The number of anilines is 1. The van der Waals surface area contributed by atoms with Gasteiger partial charge in [0.15, 0.2) is 5.01 Å². The van der Waals surface area contributed by atoms with E-state index in [4.69, 9.17) is 22.2 Å². The first-order valence-electron chi connectivity index (χ1n) is 4.46. The number of para-hydroxylation sites is 1. The minimum absolute atomic E-state index is 0.322. The molecule has 0 aliphatic heterocycles. The number of hydrogen-bond donors (Lipinski definition) is 2. The van der Waals surface area contributed by atoms with Crippen molar-refractivity contribution in [3.63, 3.8) is 0 Å². The Balaban J connectivity index is 1.99. The van der Waals surface area contributed by atoms with Gasteiger partial charge in [-0.3, -0.25) is 5.43 Å². The van der Waals surface area contributed by atoms with Gasteiger partial charge in [-0.1, -0.05) is 35.1 Å². The molecule has 0 amide bonds. The number of benzene rings is 1. The highest BCUT2D eigenvalue weighted by Gasteiger charge is 2.05. The van der Waals surface area contributed by atoms with Crippen LogP contribution in [0.4, 0.5) is 5.13 Å². The van der Waals surface area contributed by atoms with Crippen molar-refractivity contribution >= 4 is 28.1 Å². The molecule has 1 heterocycles. The second-order valence-corrected chi connectivity index (χ2v) is 4.33. The SMILES string of the molecule is NNc1nnc(COc2ccccc2Cl)s1. The third-order valence-electron chi connectivity index (χ3n) is 1.78. The second kappa shape index (κ2) is 5.11. The molecule has 3 N–H and O–H groups in total. The minimum Gasteiger partial charge on any atom is -0.485 e. The van der Waals surface area contributed by atoms with Crippen molar-refractivity contribution in [1.29, 1.82) is 0 Å². The van der Waals surface area contributed by atoms with Crippen molar-refractivity contribution in [1.82, 2.24) is 10.2 Å². The first-order chi connectivity index (χ1) is 7.79. The molecule has 0 unspecified atom stereocenters. The molecule has 5 nitrogen and oxygen atoms in total. The Bertz CT molecular complexity index is 476. The fourth-order valence-electron chi connectivity index (χ4n) is 1.07. The fraction of sp³-hybridized carbons (Fsp3) is 0.111. The number of halogens is 1. The standard InChI is InChI=1S/C9H9ClN4OS/c10-6-3-1-2-4-7(6)15-5-8-13-14-9(12-11)16-8/h1-4H,5,11H2,(H,12,14). The van der Waals surface area contributed by atoms with Crippen LogP contribution < -0.4 is 16.0 Å². The Hall–Kier alpha value is -1.37. The lowest BCUT2D eigenvalue weighted by Gasteiger charge is -2.04. The molecule has 1 aromatic heterocycles. The molecule has 84 valence electrons. The lowest BCUT2D eigenvalue weighted by molar-refractivity contribution is 0.305. The van der Waals surface area contributed by atoms with E-state index in [1.807, 2.05) is 12.1 Å². The van der Waals surface area contributed by atoms with Gasteiger partial charge in [-0.05, 0) is 12.1 Å². The van der Waals surface area contributed by atoms with Crippen LogP contribution in [0.1, 0.15) is 5.01 Å². The summed E-state index contributed by atoms with van der Waals surface area (Å²) in [6, 6.07) is 7.26. The maximum absolute atomic E-state index is 5.93. The molecule has 0 saturated heterocycles. The first-order valence-corrected chi connectivity index (χ1v) is 5.65. The van der Waals surface area contributed by atoms with Gasteiger partial charge in [0.05, 0.1) is 5.02 Å². The van der Waals surface area contributed by atoms with Gasteiger partial charge in [0.2, 0.25) is 5.13 Å². The van der Waals surface area contributed by atoms with Crippen LogP contribution >= 0.6 is 22.9 Å². The number of ether oxygens (including phenoxy) is 1. The molecule has 0 aliphatic rings. The normalized spacial score (nSPS) is 10.1. The van der Waals surface area contributed by atoms with Gasteiger partial charge in [0, 0.05) is 0 Å². The number of nitrogens with one attached hydrogen (secondary N) is 1. The summed E-state index contributed by atoms with van der Waals surface area (Å²) in [5.41, 5.74) is 2.42. The average molecular weight is 257 g/mol. The van der Waals surface area contributed by atoms with Crippen LogP contribution in [0.2, 0.25) is 5.02 Å². The number of rotatable bonds is 4. The van der Waals surface area contributed by atoms with Crippen LogP contribution in [0.5, 0.6) is 5.75 Å². The Kier molecular flexibility index (Phi) is 3.55. The maximum Gasteiger partial charge on any atom is 0.219 e. The molecular formula is C9H9ClN4OS. The van der Waals surface area contributed by atoms with Crippen molar-refractivity contribution in [2.45, 2.75) is 6.61 Å². The number of aromatic nitrogens is 2. The molecule has 0 bridgehead atoms. The van der Waals surface area contributed by atoms with Crippen LogP contribution in [0.25, 0.3) is 0 Å². The molecule has 2 aromatic rings. The Labute approximate surface area is 101 Å². The van der Waals surface area contributed by atoms with Crippen LogP contribution in [0.15, 0.2) is 24.3 Å². The van der Waals surface area contributed by atoms with Crippen molar-refractivity contribution in [3.8, 4) is 5.75 Å². The van der Waals surface area contributed by atoms with E-state index in [9.17, 15) is 0 Å². The minimum atomic E-state index is 0.322. The number of nitrogens with zero attached hydrogens (tertiary/aromatic N) is 2. The topological polar surface area (TPSA) is 73.1 Å². The Morgan fingerprint density at radius 2 is 2.19 bits per heavy atom. The molecule has 0 saturated carbocycles. The number of hydrazine groups is 1. The summed E-state index contributed by atoms with van der Waals surface area (Å²) in [7, 11) is 0. The van der Waals surface area contributed by atoms with E-state index >= 15 is 0 Å². The van der Waals surface area contributed by atoms with E-state index in [2.05, 4.69) is 15.6 Å². The zero-order valence-corrected chi connectivity index (χ0v) is 9.76.